The molecule has 178 valence electrons. The number of rotatable bonds is 9. The molecule has 0 spiro atoms. The van der Waals surface area contributed by atoms with Crippen LogP contribution in [0, 0.1) is 34.8 Å². The molecular formula is C26H28F5NO. The Bertz CT molecular complexity index is 939. The summed E-state index contributed by atoms with van der Waals surface area (Å²) in [6, 6.07) is 7.48. The summed E-state index contributed by atoms with van der Waals surface area (Å²) in [5, 5.41) is 8.67. The summed E-state index contributed by atoms with van der Waals surface area (Å²) < 4.78 is 75.7. The summed E-state index contributed by atoms with van der Waals surface area (Å²) in [6.45, 7) is 2.17. The first-order valence-corrected chi connectivity index (χ1v) is 11.4. The van der Waals surface area contributed by atoms with Crippen molar-refractivity contribution in [1.82, 2.24) is 0 Å². The van der Waals surface area contributed by atoms with E-state index < -0.39 is 40.8 Å². The second kappa shape index (κ2) is 11.0. The Hall–Kier alpha value is -2.62. The number of benzene rings is 2. The molecule has 2 aromatic carbocycles. The molecule has 3 rings (SSSR count). The van der Waals surface area contributed by atoms with E-state index in [9.17, 15) is 22.0 Å². The maximum absolute atomic E-state index is 14.8. The zero-order valence-electron chi connectivity index (χ0n) is 18.6. The van der Waals surface area contributed by atoms with E-state index in [0.29, 0.717) is 23.6 Å². The highest BCUT2D eigenvalue weighted by atomic mass is 19.3. The van der Waals surface area contributed by atoms with Gasteiger partial charge in [-0.15, -0.1) is 0 Å². The van der Waals surface area contributed by atoms with Gasteiger partial charge in [0.1, 0.15) is 35.2 Å². The van der Waals surface area contributed by atoms with Gasteiger partial charge in [0.05, 0.1) is 5.56 Å². The summed E-state index contributed by atoms with van der Waals surface area (Å²) in [6.07, 6.45) is 2.67. The molecule has 7 heteroatoms. The van der Waals surface area contributed by atoms with Crippen molar-refractivity contribution in [2.24, 2.45) is 11.8 Å². The molecule has 2 nitrogen and oxygen atoms in total. The third-order valence-electron chi connectivity index (χ3n) is 6.46. The number of alkyl halides is 3. The number of ether oxygens (including phenoxy) is 1. The van der Waals surface area contributed by atoms with Crippen LogP contribution in [0.2, 0.25) is 0 Å². The first kappa shape index (κ1) is 25.0. The van der Waals surface area contributed by atoms with Gasteiger partial charge in [0.2, 0.25) is 0 Å². The van der Waals surface area contributed by atoms with Crippen LogP contribution in [0.1, 0.15) is 68.6 Å². The summed E-state index contributed by atoms with van der Waals surface area (Å²) in [4.78, 5) is 0. The predicted octanol–water partition coefficient (Wildman–Crippen LogP) is 7.84. The number of hydrogen-bond donors (Lipinski definition) is 0. The monoisotopic (exact) mass is 465 g/mol. The van der Waals surface area contributed by atoms with Gasteiger partial charge in [-0.1, -0.05) is 51.2 Å². The number of nitriles is 1. The van der Waals surface area contributed by atoms with Crippen LogP contribution in [-0.2, 0) is 12.5 Å². The minimum absolute atomic E-state index is 0.00602. The lowest BCUT2D eigenvalue weighted by molar-refractivity contribution is -0.185. The van der Waals surface area contributed by atoms with Crippen LogP contribution in [0.3, 0.4) is 0 Å². The van der Waals surface area contributed by atoms with Crippen LogP contribution in [0.4, 0.5) is 22.0 Å². The molecule has 0 saturated heterocycles. The number of halogens is 5. The second-order valence-electron chi connectivity index (χ2n) is 8.83. The molecule has 0 amide bonds. The minimum Gasteiger partial charge on any atom is -0.429 e. The first-order valence-electron chi connectivity index (χ1n) is 11.4. The summed E-state index contributed by atoms with van der Waals surface area (Å²) in [5.41, 5.74) is -0.792. The van der Waals surface area contributed by atoms with E-state index in [2.05, 4.69) is 11.7 Å². The fourth-order valence-electron chi connectivity index (χ4n) is 4.48. The van der Waals surface area contributed by atoms with Crippen molar-refractivity contribution in [2.45, 2.75) is 70.6 Å². The maximum Gasteiger partial charge on any atom is 0.426 e. The van der Waals surface area contributed by atoms with Crippen molar-refractivity contribution in [2.75, 3.05) is 0 Å². The zero-order valence-corrected chi connectivity index (χ0v) is 18.6. The average Bonchev–Trinajstić information content (AvgIpc) is 2.78. The van der Waals surface area contributed by atoms with Crippen LogP contribution in [0.25, 0.3) is 0 Å². The minimum atomic E-state index is -3.86. The van der Waals surface area contributed by atoms with Crippen LogP contribution >= 0.6 is 0 Å². The smallest absolute Gasteiger partial charge is 0.426 e. The van der Waals surface area contributed by atoms with E-state index in [-0.39, 0.29) is 12.3 Å². The molecule has 1 aliphatic carbocycles. The van der Waals surface area contributed by atoms with Crippen LogP contribution in [0.15, 0.2) is 36.4 Å². The van der Waals surface area contributed by atoms with E-state index in [1.165, 1.54) is 37.5 Å². The molecule has 1 aliphatic rings. The molecule has 1 atom stereocenters. The molecule has 33 heavy (non-hydrogen) atoms. The molecule has 0 aromatic heterocycles. The molecule has 1 saturated carbocycles. The molecule has 1 unspecified atom stereocenters. The van der Waals surface area contributed by atoms with E-state index in [0.717, 1.165) is 37.8 Å². The fourth-order valence-corrected chi connectivity index (χ4v) is 4.48. The highest BCUT2D eigenvalue weighted by Gasteiger charge is 2.35. The number of hydrogen-bond acceptors (Lipinski definition) is 2. The lowest BCUT2D eigenvalue weighted by Gasteiger charge is -2.30. The topological polar surface area (TPSA) is 33.0 Å². The molecule has 0 heterocycles. The van der Waals surface area contributed by atoms with Gasteiger partial charge in [0.15, 0.2) is 0 Å². The average molecular weight is 466 g/mol. The highest BCUT2D eigenvalue weighted by Crippen LogP contribution is 2.36. The van der Waals surface area contributed by atoms with Crippen LogP contribution in [0.5, 0.6) is 5.75 Å². The Balaban J connectivity index is 1.58. The molecule has 2 aromatic rings. The Morgan fingerprint density at radius 2 is 1.67 bits per heavy atom. The van der Waals surface area contributed by atoms with E-state index in [1.807, 2.05) is 0 Å². The third-order valence-corrected chi connectivity index (χ3v) is 6.46. The fraction of sp³-hybridized carbons (Fsp3) is 0.500. The van der Waals surface area contributed by atoms with Crippen LogP contribution in [-0.4, -0.2) is 6.17 Å². The molecule has 0 bridgehead atoms. The van der Waals surface area contributed by atoms with Gasteiger partial charge in [-0.25, -0.2) is 13.2 Å². The summed E-state index contributed by atoms with van der Waals surface area (Å²) >= 11 is 0. The van der Waals surface area contributed by atoms with Crippen molar-refractivity contribution >= 4 is 0 Å². The first-order chi connectivity index (χ1) is 15.7. The zero-order chi connectivity index (χ0) is 24.0. The Morgan fingerprint density at radius 3 is 2.21 bits per heavy atom. The standard InChI is InChI=1S/C26H28F5NO/c1-2-3-4-17-5-9-19(10-6-17)23(27)13-18-7-11-20(12-8-18)26(30,31)33-21-14-24(28)22(16-32)25(29)15-21/h7-8,11-12,14-15,17,19,23H,2-6,9-10,13H2,1H3. The van der Waals surface area contributed by atoms with E-state index in [1.54, 1.807) is 0 Å². The summed E-state index contributed by atoms with van der Waals surface area (Å²) in [5.74, 6) is -2.63. The Labute approximate surface area is 191 Å². The van der Waals surface area contributed by atoms with Crippen molar-refractivity contribution in [3.8, 4) is 11.8 Å². The molecule has 0 aliphatic heterocycles. The van der Waals surface area contributed by atoms with Gasteiger partial charge in [-0.3, -0.25) is 0 Å². The molecule has 1 fully saturated rings. The Morgan fingerprint density at radius 1 is 1.06 bits per heavy atom. The van der Waals surface area contributed by atoms with Crippen LogP contribution < -0.4 is 4.74 Å². The van der Waals surface area contributed by atoms with Gasteiger partial charge in [-0.2, -0.15) is 14.0 Å². The maximum atomic E-state index is 14.8. The van der Waals surface area contributed by atoms with Crippen molar-refractivity contribution in [3.63, 3.8) is 0 Å². The SMILES string of the molecule is CCCCC1CCC(C(F)Cc2ccc(C(F)(F)Oc3cc(F)c(C#N)c(F)c3)cc2)CC1. The molecular weight excluding hydrogens is 437 g/mol. The van der Waals surface area contributed by atoms with E-state index in [4.69, 9.17) is 5.26 Å². The lowest BCUT2D eigenvalue weighted by atomic mass is 9.77. The van der Waals surface area contributed by atoms with Crippen molar-refractivity contribution < 1.29 is 26.7 Å². The van der Waals surface area contributed by atoms with Crippen molar-refractivity contribution in [1.29, 1.82) is 5.26 Å². The van der Waals surface area contributed by atoms with Gasteiger partial charge in [-0.05, 0) is 42.4 Å². The highest BCUT2D eigenvalue weighted by molar-refractivity contribution is 5.38. The van der Waals surface area contributed by atoms with Gasteiger partial charge < -0.3 is 4.74 Å². The lowest BCUT2D eigenvalue weighted by Crippen LogP contribution is -2.25. The predicted molar refractivity (Wildman–Crippen MR) is 116 cm³/mol. The second-order valence-corrected chi connectivity index (χ2v) is 8.83. The molecule has 0 N–H and O–H groups in total. The van der Waals surface area contributed by atoms with Gasteiger partial charge >= 0.3 is 6.11 Å². The van der Waals surface area contributed by atoms with Gasteiger partial charge in [0.25, 0.3) is 0 Å². The Kier molecular flexibility index (Phi) is 8.34. The largest absolute Gasteiger partial charge is 0.429 e. The normalized spacial score (nSPS) is 19.7. The van der Waals surface area contributed by atoms with Gasteiger partial charge in [0, 0.05) is 18.6 Å². The van der Waals surface area contributed by atoms with E-state index >= 15 is 0 Å². The van der Waals surface area contributed by atoms with Crippen molar-refractivity contribution in [3.05, 3.63) is 64.7 Å². The number of unbranched alkanes of at least 4 members (excludes halogenated alkanes) is 1. The quantitative estimate of drug-likeness (QED) is 0.353. The number of nitrogens with zero attached hydrogens (tertiary/aromatic N) is 1. The molecule has 0 radical (unpaired) electrons. The third kappa shape index (κ3) is 6.46. The summed E-state index contributed by atoms with van der Waals surface area (Å²) in [7, 11) is 0.